The zero-order valence-corrected chi connectivity index (χ0v) is 23.9. The highest BCUT2D eigenvalue weighted by molar-refractivity contribution is 6.27. The van der Waals surface area contributed by atoms with Crippen LogP contribution in [0.4, 0.5) is 0 Å². The van der Waals surface area contributed by atoms with E-state index in [1.165, 1.54) is 87.1 Å². The summed E-state index contributed by atoms with van der Waals surface area (Å²) in [7, 11) is 0. The first kappa shape index (κ1) is 23.7. The lowest BCUT2D eigenvalue weighted by atomic mass is 10.0. The molecule has 3 heterocycles. The molecule has 10 aromatic rings. The van der Waals surface area contributed by atoms with Gasteiger partial charge in [0.2, 0.25) is 0 Å². The van der Waals surface area contributed by atoms with Crippen molar-refractivity contribution in [1.29, 1.82) is 0 Å². The van der Waals surface area contributed by atoms with Crippen LogP contribution in [-0.4, -0.2) is 8.97 Å². The fourth-order valence-corrected chi connectivity index (χ4v) is 7.65. The summed E-state index contributed by atoms with van der Waals surface area (Å²) in [6, 6.07) is 57.9. The number of aromatic nitrogens is 2. The zero-order valence-electron chi connectivity index (χ0n) is 23.9. The number of para-hydroxylation sites is 4. The maximum Gasteiger partial charge on any atom is 0.0619 e. The molecule has 0 aliphatic heterocycles. The lowest BCUT2D eigenvalue weighted by Crippen LogP contribution is -1.93. The van der Waals surface area contributed by atoms with E-state index in [0.717, 1.165) is 0 Å². The summed E-state index contributed by atoms with van der Waals surface area (Å²) in [5.74, 6) is 0. The lowest BCUT2D eigenvalue weighted by Gasteiger charge is -2.08. The molecule has 0 N–H and O–H groups in total. The summed E-state index contributed by atoms with van der Waals surface area (Å²) < 4.78 is 4.95. The number of hydrogen-bond donors (Lipinski definition) is 0. The van der Waals surface area contributed by atoms with E-state index in [4.69, 9.17) is 0 Å². The Balaban J connectivity index is 1.56. The van der Waals surface area contributed by atoms with Crippen LogP contribution in [0.2, 0.25) is 0 Å². The SMILES string of the molecule is c1ccc(-n2c3ccccc3c3cc4c5cccc6c7ccccc7c7ccccc7c7ccccc7n(c4cc32)c65)cc1. The van der Waals surface area contributed by atoms with Crippen molar-refractivity contribution in [2.75, 3.05) is 0 Å². The highest BCUT2D eigenvalue weighted by atomic mass is 15.0. The van der Waals surface area contributed by atoms with Gasteiger partial charge in [-0.3, -0.25) is 0 Å². The molecule has 0 bridgehead atoms. The summed E-state index contributed by atoms with van der Waals surface area (Å²) in [6.45, 7) is 0. The van der Waals surface area contributed by atoms with Crippen molar-refractivity contribution < 1.29 is 0 Å². The van der Waals surface area contributed by atoms with Crippen molar-refractivity contribution in [3.8, 4) is 5.69 Å². The third kappa shape index (κ3) is 3.09. The van der Waals surface area contributed by atoms with Crippen LogP contribution in [0.5, 0.6) is 0 Å². The van der Waals surface area contributed by atoms with Crippen molar-refractivity contribution >= 4 is 81.4 Å². The molecule has 2 nitrogen and oxygen atoms in total. The van der Waals surface area contributed by atoms with Gasteiger partial charge in [0.25, 0.3) is 0 Å². The summed E-state index contributed by atoms with van der Waals surface area (Å²) in [5.41, 5.74) is 7.26. The molecule has 44 heavy (non-hydrogen) atoms. The van der Waals surface area contributed by atoms with Crippen LogP contribution in [0.15, 0.2) is 158 Å². The van der Waals surface area contributed by atoms with Crippen molar-refractivity contribution in [3.63, 3.8) is 0 Å². The van der Waals surface area contributed by atoms with Gasteiger partial charge >= 0.3 is 0 Å². The van der Waals surface area contributed by atoms with Crippen LogP contribution in [0.3, 0.4) is 0 Å². The first-order valence-electron chi connectivity index (χ1n) is 15.2. The third-order valence-electron chi connectivity index (χ3n) is 9.46. The molecule has 3 aromatic heterocycles. The molecule has 0 radical (unpaired) electrons. The second kappa shape index (κ2) is 8.82. The number of nitrogens with zero attached hydrogens (tertiary/aromatic N) is 2. The molecule has 0 aliphatic carbocycles. The molecular weight excluding hydrogens is 532 g/mol. The minimum absolute atomic E-state index is 1.17. The van der Waals surface area contributed by atoms with Crippen LogP contribution >= 0.6 is 0 Å². The normalized spacial score (nSPS) is 12.1. The second-order valence-corrected chi connectivity index (χ2v) is 11.7. The largest absolute Gasteiger partial charge is 0.309 e. The van der Waals surface area contributed by atoms with Gasteiger partial charge in [0.15, 0.2) is 0 Å². The van der Waals surface area contributed by atoms with Gasteiger partial charge in [-0.1, -0.05) is 121 Å². The average molecular weight is 559 g/mol. The Labute approximate surface area is 253 Å². The second-order valence-electron chi connectivity index (χ2n) is 11.7. The van der Waals surface area contributed by atoms with E-state index in [2.05, 4.69) is 167 Å². The Morgan fingerprint density at radius 1 is 0.273 bits per heavy atom. The molecule has 0 aliphatic rings. The predicted octanol–water partition coefficient (Wildman–Crippen LogP) is 11.4. The fraction of sp³-hybridized carbons (Fsp3) is 0. The molecule has 0 fully saturated rings. The van der Waals surface area contributed by atoms with Crippen molar-refractivity contribution in [2.45, 2.75) is 0 Å². The lowest BCUT2D eigenvalue weighted by molar-refractivity contribution is 1.18. The van der Waals surface area contributed by atoms with E-state index in [0.29, 0.717) is 0 Å². The summed E-state index contributed by atoms with van der Waals surface area (Å²) in [5, 5.41) is 12.6. The van der Waals surface area contributed by atoms with Gasteiger partial charge in [0, 0.05) is 38.0 Å². The summed E-state index contributed by atoms with van der Waals surface area (Å²) >= 11 is 0. The molecular formula is C42H26N2. The first-order valence-corrected chi connectivity index (χ1v) is 15.2. The van der Waals surface area contributed by atoms with Crippen LogP contribution in [-0.2, 0) is 0 Å². The quantitative estimate of drug-likeness (QED) is 0.190. The van der Waals surface area contributed by atoms with E-state index in [1.807, 2.05) is 0 Å². The van der Waals surface area contributed by atoms with Gasteiger partial charge in [-0.2, -0.15) is 0 Å². The molecule has 2 heteroatoms. The zero-order chi connectivity index (χ0) is 28.8. The molecule has 0 unspecified atom stereocenters. The fourth-order valence-electron chi connectivity index (χ4n) is 7.65. The van der Waals surface area contributed by atoms with Crippen molar-refractivity contribution in [2.24, 2.45) is 0 Å². The van der Waals surface area contributed by atoms with Crippen LogP contribution < -0.4 is 0 Å². The van der Waals surface area contributed by atoms with E-state index in [1.54, 1.807) is 0 Å². The number of rotatable bonds is 1. The molecule has 0 amide bonds. The van der Waals surface area contributed by atoms with E-state index >= 15 is 0 Å². The van der Waals surface area contributed by atoms with Gasteiger partial charge in [-0.05, 0) is 57.9 Å². The molecule has 0 saturated carbocycles. The molecule has 0 saturated heterocycles. The Morgan fingerprint density at radius 2 is 0.727 bits per heavy atom. The minimum atomic E-state index is 1.17. The maximum absolute atomic E-state index is 2.53. The molecule has 7 aromatic carbocycles. The number of hydrogen-bond acceptors (Lipinski definition) is 0. The van der Waals surface area contributed by atoms with E-state index in [9.17, 15) is 0 Å². The molecule has 0 spiro atoms. The topological polar surface area (TPSA) is 9.34 Å². The number of benzene rings is 7. The summed E-state index contributed by atoms with van der Waals surface area (Å²) in [4.78, 5) is 0. The maximum atomic E-state index is 2.53. The molecule has 0 atom stereocenters. The minimum Gasteiger partial charge on any atom is -0.309 e. The highest BCUT2D eigenvalue weighted by Crippen LogP contribution is 2.42. The van der Waals surface area contributed by atoms with Crippen LogP contribution in [0.1, 0.15) is 0 Å². The van der Waals surface area contributed by atoms with Gasteiger partial charge in [-0.25, -0.2) is 0 Å². The van der Waals surface area contributed by atoms with Gasteiger partial charge in [-0.15, -0.1) is 0 Å². The Morgan fingerprint density at radius 3 is 1.41 bits per heavy atom. The first-order chi connectivity index (χ1) is 21.9. The van der Waals surface area contributed by atoms with Crippen molar-refractivity contribution in [1.82, 2.24) is 8.97 Å². The van der Waals surface area contributed by atoms with Gasteiger partial charge in [0.05, 0.1) is 27.6 Å². The van der Waals surface area contributed by atoms with E-state index < -0.39 is 0 Å². The van der Waals surface area contributed by atoms with Gasteiger partial charge < -0.3 is 8.97 Å². The summed E-state index contributed by atoms with van der Waals surface area (Å²) in [6.07, 6.45) is 0. The Bertz CT molecular complexity index is 2820. The predicted molar refractivity (Wildman–Crippen MR) is 188 cm³/mol. The molecule has 204 valence electrons. The van der Waals surface area contributed by atoms with E-state index in [-0.39, 0.29) is 0 Å². The molecule has 10 rings (SSSR count). The monoisotopic (exact) mass is 558 g/mol. The Kier molecular flexibility index (Phi) is 4.75. The third-order valence-corrected chi connectivity index (χ3v) is 9.46. The number of fused-ring (bicyclic) bond motifs is 13. The Hall–Kier alpha value is -5.86. The standard InChI is InChI=1S/C42H26N2/c1-2-13-27(14-3-1)43-38-23-10-9-20-33(38)36-25-37-35-22-12-21-34-31-18-7-5-16-29(31)28-15-4-6-17-30(28)32-19-8-11-24-39(32)44(42(34)35)41(37)26-40(36)43/h1-26H. The highest BCUT2D eigenvalue weighted by Gasteiger charge is 2.19. The van der Waals surface area contributed by atoms with Crippen LogP contribution in [0, 0.1) is 0 Å². The smallest absolute Gasteiger partial charge is 0.0619 e. The average Bonchev–Trinajstić information content (AvgIpc) is 3.60. The van der Waals surface area contributed by atoms with Crippen LogP contribution in [0.25, 0.3) is 87.1 Å². The van der Waals surface area contributed by atoms with Crippen molar-refractivity contribution in [3.05, 3.63) is 158 Å². The van der Waals surface area contributed by atoms with Gasteiger partial charge in [0.1, 0.15) is 0 Å².